The first-order valence-corrected chi connectivity index (χ1v) is 6.47. The fourth-order valence-electron chi connectivity index (χ4n) is 1.23. The maximum Gasteiger partial charge on any atom is 0.191 e. The number of anilines is 1. The third-order valence-electron chi connectivity index (χ3n) is 2.04. The number of benzene rings is 1. The van der Waals surface area contributed by atoms with Crippen LogP contribution in [-0.2, 0) is 0 Å². The van der Waals surface area contributed by atoms with Gasteiger partial charge in [0, 0.05) is 5.56 Å². The molecule has 0 spiro atoms. The topological polar surface area (TPSA) is 36.4 Å². The summed E-state index contributed by atoms with van der Waals surface area (Å²) in [5.41, 5.74) is 3.93. The number of hydrogen-bond acceptors (Lipinski definition) is 3. The highest BCUT2D eigenvalue weighted by molar-refractivity contribution is 7.80. The molecule has 0 unspecified atom stereocenters. The summed E-state index contributed by atoms with van der Waals surface area (Å²) in [5.74, 6) is -0.358. The summed E-state index contributed by atoms with van der Waals surface area (Å²) in [6.07, 6.45) is 1.64. The third kappa shape index (κ3) is 3.61. The monoisotopic (exact) mass is 279 g/mol. The molecular weight excluding hydrogens is 269 g/mol. The maximum absolute atomic E-state index is 13.3. The minimum absolute atomic E-state index is 0.242. The number of thiophene rings is 1. The van der Waals surface area contributed by atoms with Crippen molar-refractivity contribution >= 4 is 40.6 Å². The smallest absolute Gasteiger partial charge is 0.191 e. The Hall–Kier alpha value is -1.79. The van der Waals surface area contributed by atoms with E-state index in [0.29, 0.717) is 5.69 Å². The molecule has 0 bridgehead atoms. The number of para-hydroxylation sites is 1. The van der Waals surface area contributed by atoms with E-state index in [1.54, 1.807) is 35.8 Å². The fraction of sp³-hybridized carbons (Fsp3) is 0. The van der Waals surface area contributed by atoms with Crippen LogP contribution in [0.25, 0.3) is 0 Å². The van der Waals surface area contributed by atoms with Crippen LogP contribution in [0.4, 0.5) is 10.1 Å². The normalized spacial score (nSPS) is 10.5. The number of thiocarbonyl (C=S) groups is 1. The molecule has 0 saturated carbocycles. The first-order chi connectivity index (χ1) is 8.75. The van der Waals surface area contributed by atoms with Crippen molar-refractivity contribution in [1.29, 1.82) is 0 Å². The number of halogens is 1. The molecule has 0 aliphatic heterocycles. The van der Waals surface area contributed by atoms with Crippen molar-refractivity contribution in [3.05, 3.63) is 52.5 Å². The quantitative estimate of drug-likeness (QED) is 0.514. The van der Waals surface area contributed by atoms with Gasteiger partial charge in [-0.25, -0.2) is 4.39 Å². The summed E-state index contributed by atoms with van der Waals surface area (Å²) in [5, 5.41) is 10.8. The van der Waals surface area contributed by atoms with Crippen molar-refractivity contribution in [2.75, 3.05) is 5.32 Å². The van der Waals surface area contributed by atoms with E-state index < -0.39 is 0 Å². The van der Waals surface area contributed by atoms with E-state index in [-0.39, 0.29) is 10.9 Å². The van der Waals surface area contributed by atoms with Crippen LogP contribution >= 0.6 is 23.6 Å². The highest BCUT2D eigenvalue weighted by atomic mass is 32.1. The molecule has 1 aromatic heterocycles. The fourth-order valence-corrected chi connectivity index (χ4v) is 2.00. The Balaban J connectivity index is 1.88. The Labute approximate surface area is 113 Å². The van der Waals surface area contributed by atoms with Crippen LogP contribution < -0.4 is 10.7 Å². The van der Waals surface area contributed by atoms with Crippen LogP contribution in [0.1, 0.15) is 5.56 Å². The van der Waals surface area contributed by atoms with E-state index in [0.717, 1.165) is 5.56 Å². The number of hydrogen-bond donors (Lipinski definition) is 2. The van der Waals surface area contributed by atoms with Crippen molar-refractivity contribution in [3.8, 4) is 0 Å². The molecule has 0 aliphatic carbocycles. The van der Waals surface area contributed by atoms with Gasteiger partial charge in [-0.2, -0.15) is 16.4 Å². The Morgan fingerprint density at radius 1 is 1.33 bits per heavy atom. The van der Waals surface area contributed by atoms with E-state index in [9.17, 15) is 4.39 Å². The summed E-state index contributed by atoms with van der Waals surface area (Å²) >= 11 is 6.58. The summed E-state index contributed by atoms with van der Waals surface area (Å²) in [4.78, 5) is 0. The average molecular weight is 279 g/mol. The van der Waals surface area contributed by atoms with Crippen molar-refractivity contribution in [3.63, 3.8) is 0 Å². The summed E-state index contributed by atoms with van der Waals surface area (Å²) in [6.45, 7) is 0. The van der Waals surface area contributed by atoms with Gasteiger partial charge in [0.2, 0.25) is 0 Å². The lowest BCUT2D eigenvalue weighted by Gasteiger charge is -2.07. The van der Waals surface area contributed by atoms with Gasteiger partial charge in [0.05, 0.1) is 11.9 Å². The highest BCUT2D eigenvalue weighted by Crippen LogP contribution is 2.11. The molecule has 0 radical (unpaired) electrons. The van der Waals surface area contributed by atoms with E-state index in [1.165, 1.54) is 6.07 Å². The van der Waals surface area contributed by atoms with Crippen LogP contribution in [0.5, 0.6) is 0 Å². The zero-order chi connectivity index (χ0) is 12.8. The number of nitrogens with one attached hydrogen (secondary N) is 2. The van der Waals surface area contributed by atoms with Gasteiger partial charge in [-0.1, -0.05) is 12.1 Å². The lowest BCUT2D eigenvalue weighted by atomic mass is 10.3. The Kier molecular flexibility index (Phi) is 4.38. The van der Waals surface area contributed by atoms with E-state index in [4.69, 9.17) is 12.2 Å². The Morgan fingerprint density at radius 2 is 2.17 bits per heavy atom. The second-order valence-corrected chi connectivity index (χ2v) is 4.55. The maximum atomic E-state index is 13.3. The average Bonchev–Trinajstić information content (AvgIpc) is 2.85. The van der Waals surface area contributed by atoms with Crippen LogP contribution in [0.3, 0.4) is 0 Å². The molecule has 2 N–H and O–H groups in total. The zero-order valence-corrected chi connectivity index (χ0v) is 10.9. The number of rotatable bonds is 3. The standard InChI is InChI=1S/C12H10FN3S2/c13-10-3-1-2-4-11(10)15-12(17)16-14-7-9-5-6-18-8-9/h1-8H,(H2,15,16,17)/b14-7-. The van der Waals surface area contributed by atoms with Gasteiger partial charge in [0.25, 0.3) is 0 Å². The lowest BCUT2D eigenvalue weighted by molar-refractivity contribution is 0.632. The molecule has 0 saturated heterocycles. The van der Waals surface area contributed by atoms with Crippen molar-refractivity contribution in [2.24, 2.45) is 5.10 Å². The van der Waals surface area contributed by atoms with Crippen LogP contribution in [0.15, 0.2) is 46.2 Å². The molecule has 0 amide bonds. The minimum Gasteiger partial charge on any atom is -0.329 e. The molecule has 0 atom stereocenters. The highest BCUT2D eigenvalue weighted by Gasteiger charge is 2.01. The second kappa shape index (κ2) is 6.23. The molecular formula is C12H10FN3S2. The van der Waals surface area contributed by atoms with Gasteiger partial charge < -0.3 is 5.32 Å². The first kappa shape index (κ1) is 12.7. The lowest BCUT2D eigenvalue weighted by Crippen LogP contribution is -2.24. The summed E-state index contributed by atoms with van der Waals surface area (Å²) in [7, 11) is 0. The van der Waals surface area contributed by atoms with Crippen LogP contribution in [-0.4, -0.2) is 11.3 Å². The summed E-state index contributed by atoms with van der Waals surface area (Å²) < 4.78 is 13.3. The molecule has 6 heteroatoms. The van der Waals surface area contributed by atoms with Crippen LogP contribution in [0.2, 0.25) is 0 Å². The van der Waals surface area contributed by atoms with E-state index >= 15 is 0 Å². The van der Waals surface area contributed by atoms with Gasteiger partial charge in [0.1, 0.15) is 5.82 Å². The van der Waals surface area contributed by atoms with E-state index in [1.807, 2.05) is 16.8 Å². The number of hydrazone groups is 1. The molecule has 2 aromatic rings. The predicted octanol–water partition coefficient (Wildman–Crippen LogP) is 3.21. The molecule has 0 aliphatic rings. The van der Waals surface area contributed by atoms with Gasteiger partial charge in [-0.05, 0) is 41.2 Å². The molecule has 18 heavy (non-hydrogen) atoms. The predicted molar refractivity (Wildman–Crippen MR) is 77.7 cm³/mol. The van der Waals surface area contributed by atoms with Gasteiger partial charge in [-0.15, -0.1) is 0 Å². The first-order valence-electron chi connectivity index (χ1n) is 5.12. The molecule has 92 valence electrons. The van der Waals surface area contributed by atoms with Gasteiger partial charge in [-0.3, -0.25) is 5.43 Å². The molecule has 1 heterocycles. The van der Waals surface area contributed by atoms with Gasteiger partial charge >= 0.3 is 0 Å². The SMILES string of the molecule is Fc1ccccc1NC(=S)N/N=C\c1ccsc1. The van der Waals surface area contributed by atoms with Crippen molar-refractivity contribution in [1.82, 2.24) is 5.43 Å². The number of nitrogens with zero attached hydrogens (tertiary/aromatic N) is 1. The largest absolute Gasteiger partial charge is 0.329 e. The van der Waals surface area contributed by atoms with Crippen LogP contribution in [0, 0.1) is 5.82 Å². The Morgan fingerprint density at radius 3 is 2.89 bits per heavy atom. The van der Waals surface area contributed by atoms with Crippen molar-refractivity contribution in [2.45, 2.75) is 0 Å². The van der Waals surface area contributed by atoms with Gasteiger partial charge in [0.15, 0.2) is 5.11 Å². The molecule has 3 nitrogen and oxygen atoms in total. The zero-order valence-electron chi connectivity index (χ0n) is 9.26. The minimum atomic E-state index is -0.358. The molecule has 2 rings (SSSR count). The Bertz CT molecular complexity index is 552. The van der Waals surface area contributed by atoms with E-state index in [2.05, 4.69) is 15.8 Å². The third-order valence-corrected chi connectivity index (χ3v) is 2.94. The summed E-state index contributed by atoms with van der Waals surface area (Å²) in [6, 6.07) is 8.24. The van der Waals surface area contributed by atoms with Crippen molar-refractivity contribution < 1.29 is 4.39 Å². The molecule has 1 aromatic carbocycles. The molecule has 0 fully saturated rings. The second-order valence-electron chi connectivity index (χ2n) is 3.36.